The lowest BCUT2D eigenvalue weighted by Gasteiger charge is -2.11. The summed E-state index contributed by atoms with van der Waals surface area (Å²) in [7, 11) is 0. The minimum Gasteiger partial charge on any atom is -0.476 e. The number of rotatable bonds is 4. The zero-order chi connectivity index (χ0) is 18.8. The van der Waals surface area contributed by atoms with E-state index in [4.69, 9.17) is 0 Å². The number of carboxylic acid groups (broad SMARTS) is 2. The van der Waals surface area contributed by atoms with Gasteiger partial charge in [-0.1, -0.05) is 0 Å². The molecule has 0 amide bonds. The molecule has 0 fully saturated rings. The first-order chi connectivity index (χ1) is 12.4. The van der Waals surface area contributed by atoms with E-state index >= 15 is 0 Å². The van der Waals surface area contributed by atoms with E-state index in [0.29, 0.717) is 11.1 Å². The van der Waals surface area contributed by atoms with Crippen LogP contribution in [-0.2, 0) is 0 Å². The molecule has 8 heteroatoms. The summed E-state index contributed by atoms with van der Waals surface area (Å²) in [5.41, 5.74) is -0.751. The Bertz CT molecular complexity index is 920. The standard InChI is InChI=1S/C18H10F2N2O4/c19-11-5-1-9(2-6-11)13-14(10-3-7-12(20)8-4-10)22-16(18(25)26)15(21-13)17(23)24/h1-8H,(H,23,24)(H,25,26). The molecule has 0 unspecified atom stereocenters. The summed E-state index contributed by atoms with van der Waals surface area (Å²) in [6, 6.07) is 10.0. The van der Waals surface area contributed by atoms with Crippen molar-refractivity contribution in [2.45, 2.75) is 0 Å². The number of benzene rings is 2. The average molecular weight is 356 g/mol. The Morgan fingerprint density at radius 2 is 0.962 bits per heavy atom. The summed E-state index contributed by atoms with van der Waals surface area (Å²) < 4.78 is 26.4. The highest BCUT2D eigenvalue weighted by molar-refractivity contribution is 6.00. The van der Waals surface area contributed by atoms with Crippen molar-refractivity contribution in [1.29, 1.82) is 0 Å². The second-order valence-electron chi connectivity index (χ2n) is 5.24. The molecule has 1 heterocycles. The Morgan fingerprint density at radius 1 is 0.654 bits per heavy atom. The lowest BCUT2D eigenvalue weighted by atomic mass is 10.0. The highest BCUT2D eigenvalue weighted by Crippen LogP contribution is 2.30. The summed E-state index contributed by atoms with van der Waals surface area (Å²) in [5.74, 6) is -4.15. The first-order valence-electron chi connectivity index (χ1n) is 7.27. The molecule has 0 spiro atoms. The van der Waals surface area contributed by atoms with Crippen LogP contribution in [0.25, 0.3) is 22.5 Å². The van der Waals surface area contributed by atoms with Gasteiger partial charge in [0.1, 0.15) is 11.6 Å². The fourth-order valence-electron chi connectivity index (χ4n) is 2.35. The normalized spacial score (nSPS) is 10.5. The molecule has 26 heavy (non-hydrogen) atoms. The number of hydrogen-bond donors (Lipinski definition) is 2. The highest BCUT2D eigenvalue weighted by Gasteiger charge is 2.24. The zero-order valence-electron chi connectivity index (χ0n) is 13.0. The van der Waals surface area contributed by atoms with Gasteiger partial charge in [0.15, 0.2) is 11.4 Å². The summed E-state index contributed by atoms with van der Waals surface area (Å²) in [5, 5.41) is 18.5. The predicted molar refractivity (Wildman–Crippen MR) is 86.7 cm³/mol. The molecule has 0 aliphatic carbocycles. The fraction of sp³-hybridized carbons (Fsp3) is 0. The monoisotopic (exact) mass is 356 g/mol. The SMILES string of the molecule is O=C(O)c1nc(-c2ccc(F)cc2)c(-c2ccc(F)cc2)nc1C(=O)O. The summed E-state index contributed by atoms with van der Waals surface area (Å²) in [6.45, 7) is 0. The van der Waals surface area contributed by atoms with Crippen molar-refractivity contribution in [3.05, 3.63) is 71.6 Å². The molecule has 0 radical (unpaired) electrons. The van der Waals surface area contributed by atoms with E-state index < -0.39 is 35.0 Å². The van der Waals surface area contributed by atoms with Gasteiger partial charge in [0, 0.05) is 11.1 Å². The van der Waals surface area contributed by atoms with Crippen molar-refractivity contribution in [2.75, 3.05) is 0 Å². The van der Waals surface area contributed by atoms with Gasteiger partial charge in [-0.25, -0.2) is 28.3 Å². The van der Waals surface area contributed by atoms with E-state index in [1.54, 1.807) is 0 Å². The number of carbonyl (C=O) groups is 2. The largest absolute Gasteiger partial charge is 0.476 e. The van der Waals surface area contributed by atoms with Crippen molar-refractivity contribution >= 4 is 11.9 Å². The average Bonchev–Trinajstić information content (AvgIpc) is 2.62. The van der Waals surface area contributed by atoms with Gasteiger partial charge in [0.05, 0.1) is 11.4 Å². The van der Waals surface area contributed by atoms with E-state index in [-0.39, 0.29) is 11.4 Å². The maximum absolute atomic E-state index is 13.2. The van der Waals surface area contributed by atoms with Crippen LogP contribution in [0.5, 0.6) is 0 Å². The lowest BCUT2D eigenvalue weighted by Crippen LogP contribution is -2.15. The van der Waals surface area contributed by atoms with E-state index in [9.17, 15) is 28.6 Å². The van der Waals surface area contributed by atoms with Crippen molar-refractivity contribution in [3.8, 4) is 22.5 Å². The van der Waals surface area contributed by atoms with Gasteiger partial charge < -0.3 is 10.2 Å². The molecule has 2 aromatic carbocycles. The molecule has 0 saturated carbocycles. The smallest absolute Gasteiger partial charge is 0.357 e. The van der Waals surface area contributed by atoms with Crippen LogP contribution < -0.4 is 0 Å². The number of nitrogens with zero attached hydrogens (tertiary/aromatic N) is 2. The number of carboxylic acids is 2. The van der Waals surface area contributed by atoms with Crippen LogP contribution in [0.1, 0.15) is 21.0 Å². The molecule has 1 aromatic heterocycles. The number of halogens is 2. The minimum absolute atomic E-state index is 0.0407. The second kappa shape index (κ2) is 6.67. The van der Waals surface area contributed by atoms with E-state index in [1.165, 1.54) is 24.3 Å². The number of aromatic nitrogens is 2. The summed E-state index contributed by atoms with van der Waals surface area (Å²) >= 11 is 0. The lowest BCUT2D eigenvalue weighted by molar-refractivity contribution is 0.0641. The topological polar surface area (TPSA) is 100 Å². The van der Waals surface area contributed by atoms with Gasteiger partial charge in [-0.15, -0.1) is 0 Å². The second-order valence-corrected chi connectivity index (χ2v) is 5.24. The Morgan fingerprint density at radius 3 is 1.23 bits per heavy atom. The molecule has 0 aliphatic rings. The van der Waals surface area contributed by atoms with Crippen molar-refractivity contribution < 1.29 is 28.6 Å². The van der Waals surface area contributed by atoms with Crippen LogP contribution in [0.2, 0.25) is 0 Å². The van der Waals surface area contributed by atoms with Gasteiger partial charge in [-0.05, 0) is 48.5 Å². The quantitative estimate of drug-likeness (QED) is 0.742. The van der Waals surface area contributed by atoms with E-state index in [1.807, 2.05) is 0 Å². The third-order valence-corrected chi connectivity index (χ3v) is 3.54. The van der Waals surface area contributed by atoms with E-state index in [0.717, 1.165) is 24.3 Å². The third kappa shape index (κ3) is 3.25. The fourth-order valence-corrected chi connectivity index (χ4v) is 2.35. The molecular formula is C18H10F2N2O4. The molecule has 3 rings (SSSR count). The number of hydrogen-bond acceptors (Lipinski definition) is 4. The Hall–Kier alpha value is -3.68. The van der Waals surface area contributed by atoms with E-state index in [2.05, 4.69) is 9.97 Å². The van der Waals surface area contributed by atoms with Crippen molar-refractivity contribution in [2.24, 2.45) is 0 Å². The van der Waals surface area contributed by atoms with Gasteiger partial charge in [0.2, 0.25) is 0 Å². The molecule has 2 N–H and O–H groups in total. The molecule has 3 aromatic rings. The molecule has 0 aliphatic heterocycles. The van der Waals surface area contributed by atoms with Crippen LogP contribution >= 0.6 is 0 Å². The van der Waals surface area contributed by atoms with Gasteiger partial charge in [-0.2, -0.15) is 0 Å². The molecule has 0 atom stereocenters. The zero-order valence-corrected chi connectivity index (χ0v) is 13.0. The van der Waals surface area contributed by atoms with Crippen LogP contribution in [0, 0.1) is 11.6 Å². The Kier molecular flexibility index (Phi) is 4.40. The molecule has 0 bridgehead atoms. The highest BCUT2D eigenvalue weighted by atomic mass is 19.1. The van der Waals surface area contributed by atoms with Crippen LogP contribution in [0.4, 0.5) is 8.78 Å². The van der Waals surface area contributed by atoms with Crippen LogP contribution in [0.15, 0.2) is 48.5 Å². The van der Waals surface area contributed by atoms with Crippen molar-refractivity contribution in [1.82, 2.24) is 9.97 Å². The molecular weight excluding hydrogens is 346 g/mol. The maximum atomic E-state index is 13.2. The van der Waals surface area contributed by atoms with Crippen LogP contribution in [-0.4, -0.2) is 32.1 Å². The maximum Gasteiger partial charge on any atom is 0.357 e. The molecule has 0 saturated heterocycles. The third-order valence-electron chi connectivity index (χ3n) is 3.54. The first kappa shape index (κ1) is 17.2. The summed E-state index contributed by atoms with van der Waals surface area (Å²) in [6.07, 6.45) is 0. The van der Waals surface area contributed by atoms with Crippen molar-refractivity contribution in [3.63, 3.8) is 0 Å². The van der Waals surface area contributed by atoms with Gasteiger partial charge in [-0.3, -0.25) is 0 Å². The minimum atomic E-state index is -1.57. The summed E-state index contributed by atoms with van der Waals surface area (Å²) in [4.78, 5) is 30.6. The van der Waals surface area contributed by atoms with Gasteiger partial charge >= 0.3 is 11.9 Å². The predicted octanol–water partition coefficient (Wildman–Crippen LogP) is 3.49. The number of aromatic carboxylic acids is 2. The first-order valence-corrected chi connectivity index (χ1v) is 7.27. The Balaban J connectivity index is 2.33. The Labute approximate surface area is 145 Å². The van der Waals surface area contributed by atoms with Gasteiger partial charge in [0.25, 0.3) is 0 Å². The molecule has 130 valence electrons. The van der Waals surface area contributed by atoms with Crippen LogP contribution in [0.3, 0.4) is 0 Å². The molecule has 6 nitrogen and oxygen atoms in total.